The van der Waals surface area contributed by atoms with Gasteiger partial charge in [-0.1, -0.05) is 29.4 Å². The number of aliphatic imine (C=N–C) groups is 1. The third kappa shape index (κ3) is 5.73. The van der Waals surface area contributed by atoms with Crippen LogP contribution in [0.2, 0.25) is 0 Å². The zero-order valence-corrected chi connectivity index (χ0v) is 14.1. The number of benzene rings is 1. The molecule has 2 rings (SSSR count). The lowest BCUT2D eigenvalue weighted by Gasteiger charge is -2.11. The normalized spacial score (nSPS) is 11.5. The Bertz CT molecular complexity index is 635. The van der Waals surface area contributed by atoms with Crippen LogP contribution in [0.25, 0.3) is 0 Å². The Morgan fingerprint density at radius 1 is 1.22 bits per heavy atom. The van der Waals surface area contributed by atoms with Crippen molar-refractivity contribution in [3.05, 3.63) is 47.1 Å². The van der Waals surface area contributed by atoms with Crippen molar-refractivity contribution in [1.82, 2.24) is 20.8 Å². The van der Waals surface area contributed by atoms with E-state index in [1.807, 2.05) is 19.1 Å². The number of nitrogens with zero attached hydrogens (tertiary/aromatic N) is 3. The summed E-state index contributed by atoms with van der Waals surface area (Å²) < 4.78 is 5.10. The van der Waals surface area contributed by atoms with Gasteiger partial charge >= 0.3 is 0 Å². The lowest BCUT2D eigenvalue weighted by atomic mass is 10.1. The van der Waals surface area contributed by atoms with Crippen LogP contribution in [-0.4, -0.2) is 29.2 Å². The number of guanidine groups is 1. The molecule has 1 aromatic heterocycles. The molecule has 2 aromatic rings. The fourth-order valence-corrected chi connectivity index (χ4v) is 2.18. The molecule has 0 saturated heterocycles. The molecule has 2 N–H and O–H groups in total. The summed E-state index contributed by atoms with van der Waals surface area (Å²) in [5.74, 6) is 2.20. The van der Waals surface area contributed by atoms with Gasteiger partial charge in [-0.2, -0.15) is 4.98 Å². The van der Waals surface area contributed by atoms with Crippen LogP contribution in [0.3, 0.4) is 0 Å². The maximum Gasteiger partial charge on any atom is 0.226 e. The first-order valence-corrected chi connectivity index (χ1v) is 8.05. The van der Waals surface area contributed by atoms with Crippen molar-refractivity contribution in [2.24, 2.45) is 4.99 Å². The van der Waals surface area contributed by atoms with E-state index < -0.39 is 0 Å². The summed E-state index contributed by atoms with van der Waals surface area (Å²) in [7, 11) is 0. The minimum atomic E-state index is 0.671. The largest absolute Gasteiger partial charge is 0.357 e. The number of nitrogens with one attached hydrogen (secondary N) is 2. The van der Waals surface area contributed by atoms with Gasteiger partial charge in [-0.25, -0.2) is 4.99 Å². The molecule has 0 fully saturated rings. The highest BCUT2D eigenvalue weighted by molar-refractivity contribution is 5.79. The van der Waals surface area contributed by atoms with E-state index in [-0.39, 0.29) is 0 Å². The second-order valence-electron chi connectivity index (χ2n) is 5.39. The number of aryl methyl sites for hydroxylation is 3. The molecule has 0 saturated carbocycles. The van der Waals surface area contributed by atoms with Crippen LogP contribution in [0.1, 0.15) is 36.2 Å². The van der Waals surface area contributed by atoms with Gasteiger partial charge in [-0.15, -0.1) is 0 Å². The molecule has 0 radical (unpaired) electrons. The number of rotatable bonds is 7. The van der Waals surface area contributed by atoms with E-state index in [0.29, 0.717) is 18.3 Å². The van der Waals surface area contributed by atoms with E-state index >= 15 is 0 Å². The van der Waals surface area contributed by atoms with Crippen molar-refractivity contribution in [2.75, 3.05) is 13.1 Å². The molecule has 0 unspecified atom stereocenters. The minimum absolute atomic E-state index is 0.671. The minimum Gasteiger partial charge on any atom is -0.357 e. The Hall–Kier alpha value is -2.37. The van der Waals surface area contributed by atoms with Gasteiger partial charge in [0.2, 0.25) is 5.89 Å². The molecule has 6 heteroatoms. The van der Waals surface area contributed by atoms with Crippen LogP contribution in [0, 0.1) is 13.8 Å². The first-order valence-electron chi connectivity index (χ1n) is 8.05. The third-order valence-electron chi connectivity index (χ3n) is 3.44. The molecule has 124 valence electrons. The number of aromatic nitrogens is 2. The van der Waals surface area contributed by atoms with E-state index in [0.717, 1.165) is 31.9 Å². The summed E-state index contributed by atoms with van der Waals surface area (Å²) >= 11 is 0. The van der Waals surface area contributed by atoms with Crippen molar-refractivity contribution in [2.45, 2.75) is 40.2 Å². The highest BCUT2D eigenvalue weighted by Crippen LogP contribution is 2.07. The average molecular weight is 315 g/mol. The number of hydrogen-bond acceptors (Lipinski definition) is 4. The molecule has 1 heterocycles. The van der Waals surface area contributed by atoms with Crippen LogP contribution < -0.4 is 10.6 Å². The molecule has 0 aliphatic carbocycles. The summed E-state index contributed by atoms with van der Waals surface area (Å²) in [4.78, 5) is 8.83. The van der Waals surface area contributed by atoms with Crippen molar-refractivity contribution >= 4 is 5.96 Å². The smallest absolute Gasteiger partial charge is 0.226 e. The monoisotopic (exact) mass is 315 g/mol. The molecule has 0 bridgehead atoms. The second kappa shape index (κ2) is 8.92. The van der Waals surface area contributed by atoms with Crippen LogP contribution in [0.4, 0.5) is 0 Å². The van der Waals surface area contributed by atoms with Crippen LogP contribution >= 0.6 is 0 Å². The van der Waals surface area contributed by atoms with Crippen LogP contribution in [0.15, 0.2) is 33.8 Å². The van der Waals surface area contributed by atoms with Gasteiger partial charge in [0.05, 0.1) is 6.54 Å². The van der Waals surface area contributed by atoms with Gasteiger partial charge in [0.25, 0.3) is 0 Å². The van der Waals surface area contributed by atoms with E-state index in [9.17, 15) is 0 Å². The highest BCUT2D eigenvalue weighted by Gasteiger charge is 2.03. The highest BCUT2D eigenvalue weighted by atomic mass is 16.5. The second-order valence-corrected chi connectivity index (χ2v) is 5.39. The summed E-state index contributed by atoms with van der Waals surface area (Å²) in [6.07, 6.45) is 1.68. The Balaban J connectivity index is 1.80. The Kier molecular flexibility index (Phi) is 6.59. The zero-order chi connectivity index (χ0) is 16.5. The van der Waals surface area contributed by atoms with Crippen molar-refractivity contribution in [1.29, 1.82) is 0 Å². The maximum absolute atomic E-state index is 5.10. The molecule has 0 amide bonds. The van der Waals surface area contributed by atoms with Gasteiger partial charge in [-0.05, 0) is 38.3 Å². The van der Waals surface area contributed by atoms with Gasteiger partial charge < -0.3 is 15.2 Å². The van der Waals surface area contributed by atoms with Crippen molar-refractivity contribution in [3.8, 4) is 0 Å². The predicted octanol–water partition coefficient (Wildman–Crippen LogP) is 2.37. The fraction of sp³-hybridized carbons (Fsp3) is 0.471. The molecule has 23 heavy (non-hydrogen) atoms. The summed E-state index contributed by atoms with van der Waals surface area (Å²) in [6.45, 7) is 8.31. The molecular weight excluding hydrogens is 290 g/mol. The predicted molar refractivity (Wildman–Crippen MR) is 91.4 cm³/mol. The van der Waals surface area contributed by atoms with Gasteiger partial charge in [0.15, 0.2) is 11.8 Å². The molecular formula is C17H25N5O. The zero-order valence-electron chi connectivity index (χ0n) is 14.1. The standard InChI is InChI=1S/C17H25N5O/c1-4-18-17(20-12-15-9-6-5-8-13(15)2)19-11-7-10-16-21-14(3)22-23-16/h5-6,8-9H,4,7,10-12H2,1-3H3,(H2,18,19,20). The summed E-state index contributed by atoms with van der Waals surface area (Å²) in [5.41, 5.74) is 2.50. The van der Waals surface area contributed by atoms with E-state index in [1.54, 1.807) is 0 Å². The molecule has 0 aliphatic heterocycles. The fourth-order valence-electron chi connectivity index (χ4n) is 2.18. The first kappa shape index (κ1) is 17.0. The lowest BCUT2D eigenvalue weighted by molar-refractivity contribution is 0.372. The van der Waals surface area contributed by atoms with Gasteiger partial charge in [0.1, 0.15) is 0 Å². The van der Waals surface area contributed by atoms with E-state index in [1.165, 1.54) is 11.1 Å². The Labute approximate surface area is 137 Å². The summed E-state index contributed by atoms with van der Waals surface area (Å²) in [6, 6.07) is 8.31. The molecule has 0 atom stereocenters. The first-order chi connectivity index (χ1) is 11.2. The van der Waals surface area contributed by atoms with Gasteiger partial charge in [-0.3, -0.25) is 0 Å². The number of hydrogen-bond donors (Lipinski definition) is 2. The third-order valence-corrected chi connectivity index (χ3v) is 3.44. The Morgan fingerprint density at radius 2 is 2.04 bits per heavy atom. The quantitative estimate of drug-likeness (QED) is 0.466. The van der Waals surface area contributed by atoms with Crippen LogP contribution in [-0.2, 0) is 13.0 Å². The van der Waals surface area contributed by atoms with Crippen LogP contribution in [0.5, 0.6) is 0 Å². The molecule has 1 aromatic carbocycles. The SMILES string of the molecule is CCNC(=NCc1ccccc1C)NCCCc1nc(C)no1. The lowest BCUT2D eigenvalue weighted by Crippen LogP contribution is -2.37. The van der Waals surface area contributed by atoms with E-state index in [2.05, 4.69) is 51.7 Å². The average Bonchev–Trinajstić information content (AvgIpc) is 2.96. The summed E-state index contributed by atoms with van der Waals surface area (Å²) in [5, 5.41) is 10.4. The maximum atomic E-state index is 5.10. The molecule has 6 nitrogen and oxygen atoms in total. The van der Waals surface area contributed by atoms with Gasteiger partial charge in [0, 0.05) is 19.5 Å². The van der Waals surface area contributed by atoms with Crippen molar-refractivity contribution in [3.63, 3.8) is 0 Å². The molecule has 0 spiro atoms. The van der Waals surface area contributed by atoms with Crippen molar-refractivity contribution < 1.29 is 4.52 Å². The molecule has 0 aliphatic rings. The Morgan fingerprint density at radius 3 is 2.74 bits per heavy atom. The topological polar surface area (TPSA) is 75.3 Å². The van der Waals surface area contributed by atoms with E-state index in [4.69, 9.17) is 4.52 Å².